The predicted molar refractivity (Wildman–Crippen MR) is 195 cm³/mol. The molecule has 0 N–H and O–H groups in total. The number of piperazine rings is 1. The van der Waals surface area contributed by atoms with Gasteiger partial charge in [0.05, 0.1) is 28.6 Å². The quantitative estimate of drug-likeness (QED) is 0.126. The van der Waals surface area contributed by atoms with Crippen molar-refractivity contribution in [1.82, 2.24) is 20.2 Å². The topological polar surface area (TPSA) is 107 Å². The normalized spacial score (nSPS) is 22.4. The number of hydrogen-bond donors (Lipinski definition) is 0. The predicted octanol–water partition coefficient (Wildman–Crippen LogP) is 7.53. The Morgan fingerprint density at radius 2 is 1.94 bits per heavy atom. The number of terminal acetylenes is 1. The van der Waals surface area contributed by atoms with Crippen molar-refractivity contribution >= 4 is 39.2 Å². The molecule has 9 rings (SSSR count). The van der Waals surface area contributed by atoms with Gasteiger partial charge in [-0.2, -0.15) is 16.2 Å². The number of fused-ring (bicyclic) bond motifs is 7. The van der Waals surface area contributed by atoms with E-state index in [1.54, 1.807) is 13.1 Å². The number of benzene rings is 3. The molecule has 4 aliphatic rings. The molecule has 3 aromatic carbocycles. The van der Waals surface area contributed by atoms with Gasteiger partial charge in [-0.3, -0.25) is 0 Å². The summed E-state index contributed by atoms with van der Waals surface area (Å²) in [6.07, 6.45) is 9.48. The van der Waals surface area contributed by atoms with Crippen LogP contribution in [0.4, 0.5) is 10.2 Å². The molecule has 10 nitrogen and oxygen atoms in total. The molecule has 0 saturated carbocycles. The standard InChI is InChI=1S/C37H32ClFN6O4.C2H6.Pd.Ta/c1-4-20-5-7-21(8-6-20)16-47-35-30(29-19(3)25(39)13-26-24(29)15-41-44-26)32(38)34-31-33(35)42-37(49-23-9-10-46-18(2)11-23)43-36(31)45-22-12-27(40-14-22)28(45)17-48-34;1-2;;/h1,5-8,13,15,18,22-23,27-28H,9-12,14,16-17H2,2-3H3;1-2H3;;/q-2;;;. The van der Waals surface area contributed by atoms with E-state index in [4.69, 9.17) is 52.3 Å². The van der Waals surface area contributed by atoms with Crippen LogP contribution in [0.1, 0.15) is 56.7 Å². The van der Waals surface area contributed by atoms with Crippen molar-refractivity contribution in [3.8, 4) is 41.0 Å². The largest absolute Gasteiger partial charge is 0.656 e. The Kier molecular flexibility index (Phi) is 12.1. The third-order valence-corrected chi connectivity index (χ3v) is 10.6. The zero-order valence-corrected chi connectivity index (χ0v) is 35.2. The van der Waals surface area contributed by atoms with Crippen molar-refractivity contribution in [2.75, 3.05) is 24.7 Å². The van der Waals surface area contributed by atoms with Crippen LogP contribution in [0.15, 0.2) is 36.5 Å². The Balaban J connectivity index is 0.00000118. The molecule has 0 spiro atoms. The van der Waals surface area contributed by atoms with E-state index >= 15 is 4.39 Å². The summed E-state index contributed by atoms with van der Waals surface area (Å²) in [6.45, 7) is 9.54. The Bertz CT molecular complexity index is 2180. The van der Waals surface area contributed by atoms with Crippen molar-refractivity contribution in [3.63, 3.8) is 0 Å². The molecule has 0 amide bonds. The van der Waals surface area contributed by atoms with Crippen LogP contribution >= 0.6 is 11.6 Å². The molecule has 279 valence electrons. The van der Waals surface area contributed by atoms with Gasteiger partial charge >= 0.3 is 6.01 Å². The molecule has 5 aromatic rings. The van der Waals surface area contributed by atoms with E-state index in [2.05, 4.69) is 21.0 Å². The summed E-state index contributed by atoms with van der Waals surface area (Å²) in [6, 6.07) is 9.38. The van der Waals surface area contributed by atoms with Gasteiger partial charge < -0.3 is 39.4 Å². The van der Waals surface area contributed by atoms with Crippen LogP contribution in [0, 0.1) is 25.1 Å². The summed E-state index contributed by atoms with van der Waals surface area (Å²) in [5.74, 6) is 3.65. The van der Waals surface area contributed by atoms with Gasteiger partial charge in [0.15, 0.2) is 11.5 Å². The number of nitrogens with zero attached hydrogens (tertiary/aromatic N) is 6. The zero-order chi connectivity index (χ0) is 35.4. The Morgan fingerprint density at radius 1 is 1.15 bits per heavy atom. The summed E-state index contributed by atoms with van der Waals surface area (Å²) in [7, 11) is 0. The molecule has 53 heavy (non-hydrogen) atoms. The van der Waals surface area contributed by atoms with E-state index in [1.165, 1.54) is 6.07 Å². The third-order valence-electron chi connectivity index (χ3n) is 10.2. The van der Waals surface area contributed by atoms with E-state index in [-0.39, 0.29) is 90.8 Å². The molecule has 5 atom stereocenters. The van der Waals surface area contributed by atoms with Crippen LogP contribution in [-0.4, -0.2) is 65.2 Å². The van der Waals surface area contributed by atoms with E-state index < -0.39 is 5.82 Å². The second-order valence-corrected chi connectivity index (χ2v) is 13.6. The van der Waals surface area contributed by atoms with Crippen LogP contribution in [0.5, 0.6) is 17.5 Å². The van der Waals surface area contributed by atoms with Crippen LogP contribution in [0.3, 0.4) is 0 Å². The maximum absolute atomic E-state index is 15.6. The maximum atomic E-state index is 15.6. The molecule has 6 heterocycles. The van der Waals surface area contributed by atoms with E-state index in [0.717, 1.165) is 17.5 Å². The minimum atomic E-state index is -0.443. The number of hydrogen-bond acceptors (Lipinski definition) is 8. The number of aromatic nitrogens is 4. The maximum Gasteiger partial charge on any atom is 0.319 e. The van der Waals surface area contributed by atoms with E-state index in [1.807, 2.05) is 45.0 Å². The Hall–Kier alpha value is -3.23. The zero-order valence-electron chi connectivity index (χ0n) is 29.7. The van der Waals surface area contributed by atoms with Crippen LogP contribution in [0.25, 0.3) is 38.2 Å². The fourth-order valence-electron chi connectivity index (χ4n) is 7.80. The van der Waals surface area contributed by atoms with Gasteiger partial charge in [0.1, 0.15) is 36.5 Å². The molecule has 3 saturated heterocycles. The second kappa shape index (κ2) is 16.2. The Labute approximate surface area is 342 Å². The fraction of sp³-hybridized carbons (Fsp3) is 0.410. The number of rotatable bonds is 6. The van der Waals surface area contributed by atoms with Crippen molar-refractivity contribution in [2.45, 2.75) is 83.9 Å². The summed E-state index contributed by atoms with van der Waals surface area (Å²) in [5, 5.41) is 14.7. The molecule has 5 unspecified atom stereocenters. The van der Waals surface area contributed by atoms with Crippen LogP contribution in [-0.2, 0) is 54.1 Å². The average molecular weight is 997 g/mol. The minimum absolute atomic E-state index is 0. The summed E-state index contributed by atoms with van der Waals surface area (Å²) < 4.78 is 41.3. The molecule has 14 heteroatoms. The molecule has 0 aliphatic carbocycles. The first-order chi connectivity index (χ1) is 24.9. The first-order valence-electron chi connectivity index (χ1n) is 17.6. The number of anilines is 1. The van der Waals surface area contributed by atoms with E-state index in [9.17, 15) is 0 Å². The summed E-state index contributed by atoms with van der Waals surface area (Å²) in [4.78, 5) is 12.5. The van der Waals surface area contributed by atoms with Crippen molar-refractivity contribution in [2.24, 2.45) is 0 Å². The molecular formula is C39H38ClFN6O4PdTa-2. The van der Waals surface area contributed by atoms with Crippen molar-refractivity contribution in [3.05, 3.63) is 69.4 Å². The first-order valence-corrected chi connectivity index (χ1v) is 17.9. The van der Waals surface area contributed by atoms with Gasteiger partial charge in [0.25, 0.3) is 0 Å². The SMILES string of the molecule is C#Cc1ccc(COc2c(-c3c(C)c(F)cc4n[n-]cc34)c(Cl)c3c4c(nc(OC5CCOC(C)C5)nc24)N2C4C[N-]C(C4)C2CO3)cc1.CC.[Pd].[Ta]. The molecule has 3 fully saturated rings. The molecule has 4 aliphatic heterocycles. The van der Waals surface area contributed by atoms with Crippen LogP contribution in [0.2, 0.25) is 5.02 Å². The average Bonchev–Trinajstić information content (AvgIpc) is 3.87. The Morgan fingerprint density at radius 3 is 2.70 bits per heavy atom. The summed E-state index contributed by atoms with van der Waals surface area (Å²) >= 11 is 7.44. The molecule has 1 radical (unpaired) electrons. The van der Waals surface area contributed by atoms with Gasteiger partial charge in [-0.15, -0.1) is 19.0 Å². The fourth-order valence-corrected chi connectivity index (χ4v) is 8.13. The second-order valence-electron chi connectivity index (χ2n) is 13.2. The van der Waals surface area contributed by atoms with Gasteiger partial charge in [-0.1, -0.05) is 43.5 Å². The smallest absolute Gasteiger partial charge is 0.319 e. The van der Waals surface area contributed by atoms with Gasteiger partial charge in [-0.25, -0.2) is 4.39 Å². The van der Waals surface area contributed by atoms with Gasteiger partial charge in [-0.05, 0) is 55.0 Å². The molecular weight excluding hydrogens is 958 g/mol. The number of ether oxygens (including phenoxy) is 4. The number of halogens is 2. The van der Waals surface area contributed by atoms with Crippen LogP contribution < -0.4 is 24.2 Å². The molecule has 2 bridgehead atoms. The van der Waals surface area contributed by atoms with Crippen molar-refractivity contribution < 1.29 is 66.1 Å². The molecule has 2 aromatic heterocycles. The van der Waals surface area contributed by atoms with Crippen molar-refractivity contribution in [1.29, 1.82) is 0 Å². The van der Waals surface area contributed by atoms with Gasteiger partial charge in [0, 0.05) is 84.4 Å². The van der Waals surface area contributed by atoms with E-state index in [0.29, 0.717) is 88.4 Å². The van der Waals surface area contributed by atoms with Gasteiger partial charge in [0.2, 0.25) is 0 Å². The first kappa shape index (κ1) is 39.5. The third kappa shape index (κ3) is 6.96. The monoisotopic (exact) mass is 995 g/mol. The summed E-state index contributed by atoms with van der Waals surface area (Å²) in [5.41, 5.74) is 3.80. The minimum Gasteiger partial charge on any atom is -0.656 e.